The molecule has 1 aromatic carbocycles. The Hall–Kier alpha value is -1.55. The van der Waals surface area contributed by atoms with Crippen LogP contribution in [0.1, 0.15) is 48.0 Å². The van der Waals surface area contributed by atoms with E-state index in [1.807, 2.05) is 6.07 Å². The minimum atomic E-state index is -2.52. The monoisotopic (exact) mass is 320 g/mol. The first-order chi connectivity index (χ1) is 12.2. The molecule has 0 saturated carbocycles. The number of piperidine rings is 1. The van der Waals surface area contributed by atoms with Crippen LogP contribution in [0.25, 0.3) is 0 Å². The number of Topliss-reactive ketones (excluding diaryl/α,β-unsaturated/α-hetero) is 1. The molecule has 0 N–H and O–H groups in total. The predicted molar refractivity (Wildman–Crippen MR) is 90.1 cm³/mol. The number of methoxy groups -OCH3 is 2. The van der Waals surface area contributed by atoms with Gasteiger partial charge in [0, 0.05) is 31.5 Å². The van der Waals surface area contributed by atoms with Crippen LogP contribution in [0.3, 0.4) is 0 Å². The molecular formula is C19H27NO3. The molecule has 0 amide bonds. The normalized spacial score (nSPS) is 26.8. The highest BCUT2D eigenvalue weighted by molar-refractivity contribution is 5.83. The van der Waals surface area contributed by atoms with Gasteiger partial charge in [-0.25, -0.2) is 0 Å². The average Bonchev–Trinajstić information content (AvgIpc) is 2.53. The van der Waals surface area contributed by atoms with E-state index in [9.17, 15) is 4.79 Å². The van der Waals surface area contributed by atoms with Crippen molar-refractivity contribution in [3.63, 3.8) is 0 Å². The molecule has 4 heteroatoms. The van der Waals surface area contributed by atoms with Gasteiger partial charge in [-0.05, 0) is 42.0 Å². The fourth-order valence-corrected chi connectivity index (χ4v) is 3.98. The second kappa shape index (κ2) is 6.52. The molecule has 0 unspecified atom stereocenters. The number of carbonyl (C=O) groups is 1. The van der Waals surface area contributed by atoms with E-state index in [0.717, 1.165) is 37.1 Å². The summed E-state index contributed by atoms with van der Waals surface area (Å²) < 4.78 is 32.5. The molecule has 0 aromatic heterocycles. The van der Waals surface area contributed by atoms with Crippen LogP contribution < -0.4 is 9.47 Å². The molecular weight excluding hydrogens is 290 g/mol. The summed E-state index contributed by atoms with van der Waals surface area (Å²) in [6.07, 6.45) is 2.26. The number of ether oxygens (including phenoxy) is 2. The van der Waals surface area contributed by atoms with Crippen molar-refractivity contribution in [2.45, 2.75) is 39.2 Å². The maximum absolute atomic E-state index is 12.6. The van der Waals surface area contributed by atoms with E-state index < -0.39 is 7.04 Å². The fraction of sp³-hybridized carbons (Fsp3) is 0.632. The lowest BCUT2D eigenvalue weighted by atomic mass is 9.80. The summed E-state index contributed by atoms with van der Waals surface area (Å²) in [6, 6.07) is 3.66. The second-order valence-corrected chi connectivity index (χ2v) is 7.06. The van der Waals surface area contributed by atoms with Gasteiger partial charge in [-0.1, -0.05) is 13.8 Å². The Bertz CT molecular complexity index is 687. The van der Waals surface area contributed by atoms with E-state index >= 15 is 0 Å². The molecule has 0 aliphatic carbocycles. The van der Waals surface area contributed by atoms with Gasteiger partial charge in [-0.2, -0.15) is 0 Å². The zero-order valence-corrected chi connectivity index (χ0v) is 14.1. The Balaban J connectivity index is 1.88. The van der Waals surface area contributed by atoms with Crippen LogP contribution in [0.4, 0.5) is 0 Å². The summed E-state index contributed by atoms with van der Waals surface area (Å²) in [6.45, 7) is 5.99. The lowest BCUT2D eigenvalue weighted by molar-refractivity contribution is -0.129. The molecule has 4 nitrogen and oxygen atoms in total. The number of carbonyl (C=O) groups excluding carboxylic acids is 1. The van der Waals surface area contributed by atoms with E-state index in [1.54, 1.807) is 6.07 Å². The smallest absolute Gasteiger partial charge is 0.161 e. The van der Waals surface area contributed by atoms with E-state index in [0.29, 0.717) is 23.9 Å². The zero-order chi connectivity index (χ0) is 19.1. The first-order valence-corrected chi connectivity index (χ1v) is 8.34. The highest BCUT2D eigenvalue weighted by atomic mass is 16.5. The standard InChI is InChI=1S/C19H27NO3/c1-12(2)7-14-11-20-6-5-13-8-18(22-3)19(23-4)9-15(13)16(20)10-17(14)21/h8-9,12,14,16H,5-7,10-11H2,1-4H3/t14-,16-/m1/s1/i3D3. The maximum atomic E-state index is 12.6. The molecule has 2 atom stereocenters. The summed E-state index contributed by atoms with van der Waals surface area (Å²) in [7, 11) is -1.02. The van der Waals surface area contributed by atoms with Gasteiger partial charge in [0.15, 0.2) is 11.5 Å². The van der Waals surface area contributed by atoms with Crippen LogP contribution >= 0.6 is 0 Å². The van der Waals surface area contributed by atoms with Gasteiger partial charge in [0.1, 0.15) is 5.78 Å². The van der Waals surface area contributed by atoms with Crippen molar-refractivity contribution in [2.24, 2.45) is 11.8 Å². The largest absolute Gasteiger partial charge is 0.493 e. The number of hydrogen-bond donors (Lipinski definition) is 0. The SMILES string of the molecule is [2H]C([2H])([2H])Oc1cc2c(cc1OC)[C@H]1CC(=O)[C@H](CC(C)C)CN1CC2. The van der Waals surface area contributed by atoms with Gasteiger partial charge in [0.05, 0.1) is 18.3 Å². The molecule has 126 valence electrons. The minimum absolute atomic E-state index is 0.0466. The van der Waals surface area contributed by atoms with Crippen molar-refractivity contribution in [2.75, 3.05) is 27.2 Å². The average molecular weight is 320 g/mol. The molecule has 0 radical (unpaired) electrons. The van der Waals surface area contributed by atoms with Gasteiger partial charge in [0.2, 0.25) is 0 Å². The quantitative estimate of drug-likeness (QED) is 0.854. The Morgan fingerprint density at radius 2 is 2.13 bits per heavy atom. The molecule has 1 fully saturated rings. The molecule has 1 saturated heterocycles. The Labute approximate surface area is 143 Å². The fourth-order valence-electron chi connectivity index (χ4n) is 3.98. The van der Waals surface area contributed by atoms with Crippen molar-refractivity contribution in [3.05, 3.63) is 23.3 Å². The van der Waals surface area contributed by atoms with Crippen LogP contribution in [-0.2, 0) is 11.2 Å². The highest BCUT2D eigenvalue weighted by Crippen LogP contribution is 2.42. The summed E-state index contributed by atoms with van der Waals surface area (Å²) in [5, 5.41) is 0. The molecule has 2 aliphatic heterocycles. The third-order valence-corrected chi connectivity index (χ3v) is 5.06. The van der Waals surface area contributed by atoms with Crippen LogP contribution in [0.2, 0.25) is 0 Å². The van der Waals surface area contributed by atoms with Crippen LogP contribution in [0, 0.1) is 11.8 Å². The third-order valence-electron chi connectivity index (χ3n) is 5.06. The first kappa shape index (κ1) is 12.8. The lowest BCUT2D eigenvalue weighted by Crippen LogP contribution is -2.46. The topological polar surface area (TPSA) is 38.8 Å². The lowest BCUT2D eigenvalue weighted by Gasteiger charge is -2.43. The van der Waals surface area contributed by atoms with Crippen molar-refractivity contribution in [3.8, 4) is 11.5 Å². The summed E-state index contributed by atoms with van der Waals surface area (Å²) >= 11 is 0. The molecule has 2 aliphatic rings. The van der Waals surface area contributed by atoms with Crippen LogP contribution in [-0.4, -0.2) is 37.9 Å². The number of nitrogens with zero attached hydrogens (tertiary/aromatic N) is 1. The van der Waals surface area contributed by atoms with E-state index in [4.69, 9.17) is 13.6 Å². The minimum Gasteiger partial charge on any atom is -0.493 e. The Kier molecular flexibility index (Phi) is 3.63. The summed E-state index contributed by atoms with van der Waals surface area (Å²) in [4.78, 5) is 15.0. The van der Waals surface area contributed by atoms with Crippen LogP contribution in [0.15, 0.2) is 12.1 Å². The molecule has 0 bridgehead atoms. The van der Waals surface area contributed by atoms with Gasteiger partial charge in [-0.15, -0.1) is 0 Å². The van der Waals surface area contributed by atoms with Crippen LogP contribution in [0.5, 0.6) is 11.5 Å². The van der Waals surface area contributed by atoms with Crippen molar-refractivity contribution < 1.29 is 18.4 Å². The van der Waals surface area contributed by atoms with Gasteiger partial charge in [-0.3, -0.25) is 9.69 Å². The number of ketones is 1. The Morgan fingerprint density at radius 3 is 2.83 bits per heavy atom. The first-order valence-electron chi connectivity index (χ1n) is 9.84. The van der Waals surface area contributed by atoms with Crippen molar-refractivity contribution >= 4 is 5.78 Å². The van der Waals surface area contributed by atoms with Crippen molar-refractivity contribution in [1.82, 2.24) is 4.90 Å². The number of hydrogen-bond acceptors (Lipinski definition) is 4. The molecule has 3 rings (SSSR count). The van der Waals surface area contributed by atoms with Gasteiger partial charge >= 0.3 is 0 Å². The Morgan fingerprint density at radius 1 is 1.35 bits per heavy atom. The third kappa shape index (κ3) is 3.09. The predicted octanol–water partition coefficient (Wildman–Crippen LogP) is 3.24. The number of benzene rings is 1. The van der Waals surface area contributed by atoms with Crippen molar-refractivity contribution in [1.29, 1.82) is 0 Å². The second-order valence-electron chi connectivity index (χ2n) is 7.06. The van der Waals surface area contributed by atoms with E-state index in [2.05, 4.69) is 18.7 Å². The molecule has 0 spiro atoms. The molecule has 23 heavy (non-hydrogen) atoms. The summed E-state index contributed by atoms with van der Waals surface area (Å²) in [5.74, 6) is 1.60. The zero-order valence-electron chi connectivity index (χ0n) is 17.1. The maximum Gasteiger partial charge on any atom is 0.161 e. The van der Waals surface area contributed by atoms with E-state index in [-0.39, 0.29) is 17.7 Å². The molecule has 2 heterocycles. The van der Waals surface area contributed by atoms with Gasteiger partial charge in [0.25, 0.3) is 0 Å². The van der Waals surface area contributed by atoms with Gasteiger partial charge < -0.3 is 9.47 Å². The molecule has 1 aromatic rings. The summed E-state index contributed by atoms with van der Waals surface area (Å²) in [5.41, 5.74) is 2.10. The number of rotatable bonds is 4. The number of fused-ring (bicyclic) bond motifs is 3. The highest BCUT2D eigenvalue weighted by Gasteiger charge is 2.38. The van der Waals surface area contributed by atoms with E-state index in [1.165, 1.54) is 7.11 Å².